The number of aryl methyl sites for hydroxylation is 2. The molecule has 0 spiro atoms. The smallest absolute Gasteiger partial charge is 0.248 e. The maximum Gasteiger partial charge on any atom is 0.248 e. The lowest BCUT2D eigenvalue weighted by molar-refractivity contribution is 0.368. The minimum absolute atomic E-state index is 0.0151. The van der Waals surface area contributed by atoms with Crippen molar-refractivity contribution in [2.75, 3.05) is 6.54 Å². The van der Waals surface area contributed by atoms with Crippen molar-refractivity contribution in [3.05, 3.63) is 42.0 Å². The van der Waals surface area contributed by atoms with Crippen LogP contribution in [0.25, 0.3) is 0 Å². The van der Waals surface area contributed by atoms with Crippen LogP contribution in [0.15, 0.2) is 40.1 Å². The third-order valence-electron chi connectivity index (χ3n) is 4.08. The number of rotatable bonds is 5. The molecule has 1 atom stereocenters. The van der Waals surface area contributed by atoms with E-state index in [0.717, 1.165) is 31.4 Å². The Morgan fingerprint density at radius 2 is 2.27 bits per heavy atom. The standard InChI is InChI=1S/C15H19N3O3S/c1-12-15(11-21-17-12)22(19,20)18-10-4-6-14(18)8-7-13-5-2-3-9-16-13/h2-3,5,9,11,14H,4,6-8,10H2,1H3/t14-/m0/s1. The average molecular weight is 321 g/mol. The summed E-state index contributed by atoms with van der Waals surface area (Å²) in [5, 5.41) is 3.68. The first-order valence-corrected chi connectivity index (χ1v) is 8.86. The Labute approximate surface area is 130 Å². The largest absolute Gasteiger partial charge is 0.363 e. The van der Waals surface area contributed by atoms with E-state index < -0.39 is 10.0 Å². The summed E-state index contributed by atoms with van der Waals surface area (Å²) in [7, 11) is -3.52. The van der Waals surface area contributed by atoms with Crippen molar-refractivity contribution in [1.82, 2.24) is 14.4 Å². The van der Waals surface area contributed by atoms with Gasteiger partial charge in [0.1, 0.15) is 16.9 Å². The zero-order chi connectivity index (χ0) is 15.6. The van der Waals surface area contributed by atoms with Crippen molar-refractivity contribution in [1.29, 1.82) is 0 Å². The molecule has 7 heteroatoms. The van der Waals surface area contributed by atoms with Crippen LogP contribution in [-0.2, 0) is 16.4 Å². The van der Waals surface area contributed by atoms with Crippen LogP contribution in [0.4, 0.5) is 0 Å². The Kier molecular flexibility index (Phi) is 4.26. The fraction of sp³-hybridized carbons (Fsp3) is 0.467. The van der Waals surface area contributed by atoms with E-state index >= 15 is 0 Å². The number of hydrogen-bond acceptors (Lipinski definition) is 5. The van der Waals surface area contributed by atoms with E-state index in [2.05, 4.69) is 10.1 Å². The molecule has 22 heavy (non-hydrogen) atoms. The summed E-state index contributed by atoms with van der Waals surface area (Å²) < 4.78 is 31.9. The maximum absolute atomic E-state index is 12.7. The normalized spacial score (nSPS) is 19.6. The molecule has 0 N–H and O–H groups in total. The summed E-state index contributed by atoms with van der Waals surface area (Å²) in [6.07, 6.45) is 6.31. The minimum atomic E-state index is -3.52. The molecule has 3 rings (SSSR count). The molecule has 1 fully saturated rings. The van der Waals surface area contributed by atoms with Gasteiger partial charge in [-0.3, -0.25) is 4.98 Å². The van der Waals surface area contributed by atoms with E-state index in [1.165, 1.54) is 6.26 Å². The van der Waals surface area contributed by atoms with Crippen LogP contribution < -0.4 is 0 Å². The van der Waals surface area contributed by atoms with E-state index in [1.54, 1.807) is 17.4 Å². The molecule has 0 aliphatic carbocycles. The third kappa shape index (κ3) is 2.91. The SMILES string of the molecule is Cc1nocc1S(=O)(=O)N1CCC[C@H]1CCc1ccccn1. The first kappa shape index (κ1) is 15.2. The number of hydrogen-bond donors (Lipinski definition) is 0. The summed E-state index contributed by atoms with van der Waals surface area (Å²) in [6.45, 7) is 2.20. The van der Waals surface area contributed by atoms with Gasteiger partial charge in [0, 0.05) is 24.5 Å². The highest BCUT2D eigenvalue weighted by Gasteiger charge is 2.36. The van der Waals surface area contributed by atoms with E-state index in [-0.39, 0.29) is 10.9 Å². The van der Waals surface area contributed by atoms with Gasteiger partial charge in [0.15, 0.2) is 0 Å². The predicted molar refractivity (Wildman–Crippen MR) is 80.7 cm³/mol. The van der Waals surface area contributed by atoms with Crippen LogP contribution in [0.2, 0.25) is 0 Å². The molecule has 3 heterocycles. The number of nitrogens with zero attached hydrogens (tertiary/aromatic N) is 3. The molecule has 0 unspecified atom stereocenters. The Morgan fingerprint density at radius 3 is 2.95 bits per heavy atom. The highest BCUT2D eigenvalue weighted by molar-refractivity contribution is 7.89. The van der Waals surface area contributed by atoms with Crippen molar-refractivity contribution >= 4 is 10.0 Å². The summed E-state index contributed by atoms with van der Waals surface area (Å²) in [5.74, 6) is 0. The summed E-state index contributed by atoms with van der Waals surface area (Å²) in [6, 6.07) is 5.82. The second-order valence-electron chi connectivity index (χ2n) is 5.54. The molecule has 2 aromatic rings. The van der Waals surface area contributed by atoms with Gasteiger partial charge in [-0.15, -0.1) is 0 Å². The lowest BCUT2D eigenvalue weighted by Crippen LogP contribution is -2.36. The summed E-state index contributed by atoms with van der Waals surface area (Å²) in [5.41, 5.74) is 1.41. The number of pyridine rings is 1. The van der Waals surface area contributed by atoms with Crippen LogP contribution in [0.3, 0.4) is 0 Å². The minimum Gasteiger partial charge on any atom is -0.363 e. The molecular formula is C15H19N3O3S. The van der Waals surface area contributed by atoms with Crippen LogP contribution in [-0.4, -0.2) is 35.5 Å². The number of sulfonamides is 1. The van der Waals surface area contributed by atoms with Crippen molar-refractivity contribution in [3.8, 4) is 0 Å². The lowest BCUT2D eigenvalue weighted by Gasteiger charge is -2.23. The maximum atomic E-state index is 12.7. The van der Waals surface area contributed by atoms with Crippen LogP contribution in [0.5, 0.6) is 0 Å². The molecule has 0 bridgehead atoms. The van der Waals surface area contributed by atoms with Gasteiger partial charge in [-0.25, -0.2) is 8.42 Å². The van der Waals surface area contributed by atoms with Crippen LogP contribution in [0.1, 0.15) is 30.7 Å². The Hall–Kier alpha value is -1.73. The number of aromatic nitrogens is 2. The van der Waals surface area contributed by atoms with Crippen molar-refractivity contribution in [2.24, 2.45) is 0 Å². The van der Waals surface area contributed by atoms with Gasteiger partial charge in [-0.2, -0.15) is 4.31 Å². The molecule has 2 aromatic heterocycles. The fourth-order valence-corrected chi connectivity index (χ4v) is 4.73. The van der Waals surface area contributed by atoms with Crippen molar-refractivity contribution < 1.29 is 12.9 Å². The zero-order valence-electron chi connectivity index (χ0n) is 12.5. The first-order valence-electron chi connectivity index (χ1n) is 7.42. The molecule has 1 saturated heterocycles. The average Bonchev–Trinajstić information content (AvgIpc) is 3.15. The second-order valence-corrected chi connectivity index (χ2v) is 7.39. The Morgan fingerprint density at radius 1 is 1.41 bits per heavy atom. The van der Waals surface area contributed by atoms with Gasteiger partial charge >= 0.3 is 0 Å². The fourth-order valence-electron chi connectivity index (χ4n) is 2.93. The molecule has 1 aliphatic rings. The van der Waals surface area contributed by atoms with Gasteiger partial charge in [0.2, 0.25) is 10.0 Å². The Balaban J connectivity index is 1.74. The molecular weight excluding hydrogens is 302 g/mol. The van der Waals surface area contributed by atoms with Crippen LogP contribution >= 0.6 is 0 Å². The molecule has 0 saturated carbocycles. The van der Waals surface area contributed by atoms with Crippen molar-refractivity contribution in [2.45, 2.75) is 43.5 Å². The molecule has 1 aliphatic heterocycles. The highest BCUT2D eigenvalue weighted by atomic mass is 32.2. The Bertz CT molecular complexity index is 728. The molecule has 0 aromatic carbocycles. The lowest BCUT2D eigenvalue weighted by atomic mass is 10.1. The second kappa shape index (κ2) is 6.18. The molecule has 0 radical (unpaired) electrons. The van der Waals surface area contributed by atoms with Crippen molar-refractivity contribution in [3.63, 3.8) is 0 Å². The molecule has 118 valence electrons. The van der Waals surface area contributed by atoms with Crippen LogP contribution in [0, 0.1) is 6.92 Å². The van der Waals surface area contributed by atoms with E-state index in [9.17, 15) is 8.42 Å². The van der Waals surface area contributed by atoms with Gasteiger partial charge in [-0.1, -0.05) is 11.2 Å². The quantitative estimate of drug-likeness (QED) is 0.843. The zero-order valence-corrected chi connectivity index (χ0v) is 13.3. The first-order chi connectivity index (χ1) is 10.6. The van der Waals surface area contributed by atoms with Gasteiger partial charge in [-0.05, 0) is 44.7 Å². The molecule has 0 amide bonds. The monoisotopic (exact) mass is 321 g/mol. The van der Waals surface area contributed by atoms with Gasteiger partial charge in [0.05, 0.1) is 0 Å². The van der Waals surface area contributed by atoms with Gasteiger partial charge in [0.25, 0.3) is 0 Å². The third-order valence-corrected chi connectivity index (χ3v) is 6.12. The summed E-state index contributed by atoms with van der Waals surface area (Å²) >= 11 is 0. The summed E-state index contributed by atoms with van der Waals surface area (Å²) in [4.78, 5) is 4.48. The topological polar surface area (TPSA) is 76.3 Å². The van der Waals surface area contributed by atoms with E-state index in [1.807, 2.05) is 18.2 Å². The van der Waals surface area contributed by atoms with E-state index in [4.69, 9.17) is 4.52 Å². The van der Waals surface area contributed by atoms with E-state index in [0.29, 0.717) is 12.2 Å². The predicted octanol–water partition coefficient (Wildman–Crippen LogP) is 2.16. The molecule has 6 nitrogen and oxygen atoms in total. The van der Waals surface area contributed by atoms with Gasteiger partial charge < -0.3 is 4.52 Å². The highest BCUT2D eigenvalue weighted by Crippen LogP contribution is 2.29.